The highest BCUT2D eigenvalue weighted by molar-refractivity contribution is 5.78. The first kappa shape index (κ1) is 18.5. The van der Waals surface area contributed by atoms with Gasteiger partial charge in [-0.15, -0.1) is 0 Å². The van der Waals surface area contributed by atoms with Gasteiger partial charge in [-0.25, -0.2) is 0 Å². The van der Waals surface area contributed by atoms with Crippen LogP contribution in [0.5, 0.6) is 0 Å². The van der Waals surface area contributed by atoms with Crippen LogP contribution in [0.25, 0.3) is 0 Å². The summed E-state index contributed by atoms with van der Waals surface area (Å²) in [6, 6.07) is 29.3. The second-order valence-electron chi connectivity index (χ2n) is 7.41. The third-order valence-electron chi connectivity index (χ3n) is 5.48. The molecule has 1 N–H and O–H groups in total. The molecule has 0 fully saturated rings. The monoisotopic (exact) mass is 370 g/mol. The van der Waals surface area contributed by atoms with E-state index in [1.165, 1.54) is 22.3 Å². The van der Waals surface area contributed by atoms with Gasteiger partial charge in [0.05, 0.1) is 6.54 Å². The van der Waals surface area contributed by atoms with E-state index in [1.807, 2.05) is 12.1 Å². The van der Waals surface area contributed by atoms with Crippen LogP contribution in [0.2, 0.25) is 0 Å². The van der Waals surface area contributed by atoms with Crippen LogP contribution in [-0.2, 0) is 17.8 Å². The first-order valence-corrected chi connectivity index (χ1v) is 9.95. The van der Waals surface area contributed by atoms with Crippen molar-refractivity contribution < 1.29 is 4.79 Å². The van der Waals surface area contributed by atoms with Gasteiger partial charge in [0, 0.05) is 25.6 Å². The predicted molar refractivity (Wildman–Crippen MR) is 113 cm³/mol. The lowest BCUT2D eigenvalue weighted by Gasteiger charge is -2.28. The van der Waals surface area contributed by atoms with Crippen molar-refractivity contribution in [3.8, 4) is 0 Å². The zero-order valence-corrected chi connectivity index (χ0v) is 16.1. The van der Waals surface area contributed by atoms with Crippen LogP contribution in [0.1, 0.15) is 28.2 Å². The minimum absolute atomic E-state index is 0.0937. The maximum atomic E-state index is 12.6. The van der Waals surface area contributed by atoms with Crippen LogP contribution >= 0.6 is 0 Å². The number of amides is 1. The van der Waals surface area contributed by atoms with E-state index in [0.717, 1.165) is 19.5 Å². The van der Waals surface area contributed by atoms with E-state index in [2.05, 4.69) is 83.0 Å². The molecule has 142 valence electrons. The highest BCUT2D eigenvalue weighted by Crippen LogP contribution is 2.24. The van der Waals surface area contributed by atoms with Gasteiger partial charge in [-0.05, 0) is 28.7 Å². The Hall–Kier alpha value is -2.91. The van der Waals surface area contributed by atoms with E-state index in [4.69, 9.17) is 0 Å². The first-order chi connectivity index (χ1) is 13.8. The second kappa shape index (κ2) is 8.85. The fourth-order valence-electron chi connectivity index (χ4n) is 3.96. The van der Waals surface area contributed by atoms with E-state index in [9.17, 15) is 4.79 Å². The number of hydrogen-bond acceptors (Lipinski definition) is 2. The lowest BCUT2D eigenvalue weighted by atomic mass is 9.91. The van der Waals surface area contributed by atoms with Gasteiger partial charge in [0.25, 0.3) is 0 Å². The Morgan fingerprint density at radius 2 is 1.39 bits per heavy atom. The normalized spacial score (nSPS) is 13.9. The topological polar surface area (TPSA) is 32.3 Å². The fourth-order valence-corrected chi connectivity index (χ4v) is 3.96. The molecule has 0 atom stereocenters. The van der Waals surface area contributed by atoms with Gasteiger partial charge >= 0.3 is 0 Å². The van der Waals surface area contributed by atoms with Crippen molar-refractivity contribution in [3.63, 3.8) is 0 Å². The van der Waals surface area contributed by atoms with Gasteiger partial charge in [0.1, 0.15) is 0 Å². The molecule has 0 aliphatic carbocycles. The average Bonchev–Trinajstić information content (AvgIpc) is 2.75. The lowest BCUT2D eigenvalue weighted by Crippen LogP contribution is -2.41. The lowest BCUT2D eigenvalue weighted by molar-refractivity contribution is -0.122. The summed E-state index contributed by atoms with van der Waals surface area (Å²) in [7, 11) is 0. The van der Waals surface area contributed by atoms with Crippen LogP contribution in [0, 0.1) is 0 Å². The first-order valence-electron chi connectivity index (χ1n) is 9.95. The molecule has 3 heteroatoms. The van der Waals surface area contributed by atoms with Crippen LogP contribution < -0.4 is 5.32 Å². The molecule has 1 aliphatic rings. The van der Waals surface area contributed by atoms with Crippen LogP contribution in [0.4, 0.5) is 0 Å². The van der Waals surface area contributed by atoms with Gasteiger partial charge in [0.2, 0.25) is 5.91 Å². The Bertz CT molecular complexity index is 869. The van der Waals surface area contributed by atoms with Gasteiger partial charge in [0.15, 0.2) is 0 Å². The number of carbonyl (C=O) groups excluding carboxylic acids is 1. The molecule has 0 aromatic heterocycles. The van der Waals surface area contributed by atoms with Crippen LogP contribution in [0.15, 0.2) is 84.9 Å². The molecule has 0 saturated carbocycles. The highest BCUT2D eigenvalue weighted by atomic mass is 16.2. The number of fused-ring (bicyclic) bond motifs is 1. The number of hydrogen-bond donors (Lipinski definition) is 1. The highest BCUT2D eigenvalue weighted by Gasteiger charge is 2.19. The minimum atomic E-state index is 0.0937. The Balaban J connectivity index is 1.38. The maximum absolute atomic E-state index is 12.6. The Kier molecular flexibility index (Phi) is 5.83. The molecule has 3 aromatic rings. The summed E-state index contributed by atoms with van der Waals surface area (Å²) in [6.07, 6.45) is 1.01. The summed E-state index contributed by atoms with van der Waals surface area (Å²) in [5, 5.41) is 3.17. The molecule has 4 rings (SSSR count). The molecule has 0 radical (unpaired) electrons. The van der Waals surface area contributed by atoms with Crippen molar-refractivity contribution >= 4 is 5.91 Å². The largest absolute Gasteiger partial charge is 0.354 e. The summed E-state index contributed by atoms with van der Waals surface area (Å²) in [4.78, 5) is 14.9. The Morgan fingerprint density at radius 1 is 0.821 bits per heavy atom. The van der Waals surface area contributed by atoms with Gasteiger partial charge in [-0.1, -0.05) is 84.9 Å². The van der Waals surface area contributed by atoms with Gasteiger partial charge in [-0.3, -0.25) is 9.69 Å². The molecular formula is C25H26N2O. The number of nitrogens with one attached hydrogen (secondary N) is 1. The summed E-state index contributed by atoms with van der Waals surface area (Å²) >= 11 is 0. The van der Waals surface area contributed by atoms with E-state index < -0.39 is 0 Å². The molecule has 0 bridgehead atoms. The molecule has 3 nitrogen and oxygen atoms in total. The van der Waals surface area contributed by atoms with Gasteiger partial charge < -0.3 is 5.32 Å². The molecule has 1 heterocycles. The summed E-state index contributed by atoms with van der Waals surface area (Å²) in [5.74, 6) is 0.254. The molecule has 1 aliphatic heterocycles. The fraction of sp³-hybridized carbons (Fsp3) is 0.240. The molecule has 1 amide bonds. The molecule has 0 saturated heterocycles. The molecule has 0 spiro atoms. The zero-order chi connectivity index (χ0) is 19.2. The zero-order valence-electron chi connectivity index (χ0n) is 16.1. The summed E-state index contributed by atoms with van der Waals surface area (Å²) < 4.78 is 0. The Labute approximate surface area is 167 Å². The number of rotatable bonds is 6. The molecule has 0 unspecified atom stereocenters. The van der Waals surface area contributed by atoms with Crippen LogP contribution in [0.3, 0.4) is 0 Å². The SMILES string of the molecule is O=C(CN1CCc2ccccc2C1)NCC(c1ccccc1)c1ccccc1. The van der Waals surface area contributed by atoms with Crippen molar-refractivity contribution in [3.05, 3.63) is 107 Å². The van der Waals surface area contributed by atoms with E-state index in [1.54, 1.807) is 0 Å². The number of nitrogens with zero attached hydrogens (tertiary/aromatic N) is 1. The minimum Gasteiger partial charge on any atom is -0.354 e. The van der Waals surface area contributed by atoms with E-state index in [0.29, 0.717) is 13.1 Å². The standard InChI is InChI=1S/C25H26N2O/c28-25(19-27-16-15-20-9-7-8-14-23(20)18-27)26-17-24(21-10-3-1-4-11-21)22-12-5-2-6-13-22/h1-14,24H,15-19H2,(H,26,28). The summed E-state index contributed by atoms with van der Waals surface area (Å²) in [6.45, 7) is 2.84. The predicted octanol–water partition coefficient (Wildman–Crippen LogP) is 3.99. The van der Waals surface area contributed by atoms with Crippen molar-refractivity contribution in [2.24, 2.45) is 0 Å². The van der Waals surface area contributed by atoms with E-state index >= 15 is 0 Å². The molecule has 28 heavy (non-hydrogen) atoms. The molecular weight excluding hydrogens is 344 g/mol. The smallest absolute Gasteiger partial charge is 0.234 e. The third-order valence-corrected chi connectivity index (χ3v) is 5.48. The average molecular weight is 370 g/mol. The Morgan fingerprint density at radius 3 is 2.04 bits per heavy atom. The summed E-state index contributed by atoms with van der Waals surface area (Å²) in [5.41, 5.74) is 5.20. The molecule has 3 aromatic carbocycles. The number of benzene rings is 3. The van der Waals surface area contributed by atoms with Crippen LogP contribution in [-0.4, -0.2) is 30.4 Å². The second-order valence-corrected chi connectivity index (χ2v) is 7.41. The van der Waals surface area contributed by atoms with Crippen molar-refractivity contribution in [1.29, 1.82) is 0 Å². The maximum Gasteiger partial charge on any atom is 0.234 e. The van der Waals surface area contributed by atoms with E-state index in [-0.39, 0.29) is 11.8 Å². The third kappa shape index (κ3) is 4.49. The number of carbonyl (C=O) groups is 1. The quantitative estimate of drug-likeness (QED) is 0.711. The van der Waals surface area contributed by atoms with Crippen molar-refractivity contribution in [1.82, 2.24) is 10.2 Å². The van der Waals surface area contributed by atoms with Crippen molar-refractivity contribution in [2.75, 3.05) is 19.6 Å². The van der Waals surface area contributed by atoms with Crippen molar-refractivity contribution in [2.45, 2.75) is 18.9 Å². The van der Waals surface area contributed by atoms with Gasteiger partial charge in [-0.2, -0.15) is 0 Å².